The van der Waals surface area contributed by atoms with E-state index in [4.69, 9.17) is 0 Å². The van der Waals surface area contributed by atoms with Gasteiger partial charge in [-0.1, -0.05) is 24.3 Å². The zero-order valence-electron chi connectivity index (χ0n) is 16.8. The highest BCUT2D eigenvalue weighted by atomic mass is 32.2. The first-order valence-corrected chi connectivity index (χ1v) is 11.2. The number of hydrogen-bond acceptors (Lipinski definition) is 4. The molecule has 1 unspecified atom stereocenters. The van der Waals surface area contributed by atoms with Gasteiger partial charge in [-0.2, -0.15) is 13.2 Å². The average molecular weight is 454 g/mol. The molecule has 2 heterocycles. The van der Waals surface area contributed by atoms with Gasteiger partial charge in [-0.25, -0.2) is 4.39 Å². The quantitative estimate of drug-likeness (QED) is 0.647. The van der Waals surface area contributed by atoms with Gasteiger partial charge in [0.2, 0.25) is 5.91 Å². The third kappa shape index (κ3) is 4.98. The second-order valence-electron chi connectivity index (χ2n) is 7.64. The third-order valence-electron chi connectivity index (χ3n) is 5.65. The van der Waals surface area contributed by atoms with Gasteiger partial charge in [0, 0.05) is 49.7 Å². The van der Waals surface area contributed by atoms with Gasteiger partial charge in [-0.15, -0.1) is 11.8 Å². The average Bonchev–Trinajstić information content (AvgIpc) is 3.24. The molecule has 31 heavy (non-hydrogen) atoms. The smallest absolute Gasteiger partial charge is 0.369 e. The van der Waals surface area contributed by atoms with Crippen LogP contribution in [0.15, 0.2) is 48.5 Å². The normalized spacial score (nSPS) is 20.3. The van der Waals surface area contributed by atoms with Crippen LogP contribution in [-0.2, 0) is 11.0 Å². The lowest BCUT2D eigenvalue weighted by Crippen LogP contribution is -2.50. The van der Waals surface area contributed by atoms with Gasteiger partial charge >= 0.3 is 6.18 Å². The molecule has 0 N–H and O–H groups in total. The fourth-order valence-electron chi connectivity index (χ4n) is 3.98. The molecule has 2 aromatic carbocycles. The second-order valence-corrected chi connectivity index (χ2v) is 8.83. The van der Waals surface area contributed by atoms with E-state index in [-0.39, 0.29) is 23.6 Å². The van der Waals surface area contributed by atoms with Crippen LogP contribution in [0.25, 0.3) is 0 Å². The van der Waals surface area contributed by atoms with Crippen molar-refractivity contribution in [2.45, 2.75) is 11.6 Å². The van der Waals surface area contributed by atoms with Crippen LogP contribution < -0.4 is 4.90 Å². The van der Waals surface area contributed by atoms with Gasteiger partial charge in [0.1, 0.15) is 11.2 Å². The maximum atomic E-state index is 14.2. The van der Waals surface area contributed by atoms with Crippen molar-refractivity contribution in [1.82, 2.24) is 9.80 Å². The lowest BCUT2D eigenvalue weighted by atomic mass is 10.1. The number of carbonyl (C=O) groups excluding carboxylic acids is 1. The van der Waals surface area contributed by atoms with Crippen LogP contribution in [0.4, 0.5) is 23.2 Å². The van der Waals surface area contributed by atoms with Gasteiger partial charge < -0.3 is 9.80 Å². The monoisotopic (exact) mass is 453 g/mol. The van der Waals surface area contributed by atoms with Gasteiger partial charge in [0.05, 0.1) is 12.1 Å². The number of benzene rings is 2. The highest BCUT2D eigenvalue weighted by molar-refractivity contribution is 7.99. The number of thioether (sulfide) groups is 1. The van der Waals surface area contributed by atoms with Gasteiger partial charge in [0.15, 0.2) is 0 Å². The predicted molar refractivity (Wildman–Crippen MR) is 113 cm³/mol. The summed E-state index contributed by atoms with van der Waals surface area (Å²) in [5.74, 6) is 0.397. The lowest BCUT2D eigenvalue weighted by Gasteiger charge is -2.37. The highest BCUT2D eigenvalue weighted by Crippen LogP contribution is 2.39. The minimum absolute atomic E-state index is 0.0502. The van der Waals surface area contributed by atoms with Crippen molar-refractivity contribution in [2.75, 3.05) is 49.9 Å². The summed E-state index contributed by atoms with van der Waals surface area (Å²) in [5, 5.41) is -0.319. The molecule has 2 fully saturated rings. The summed E-state index contributed by atoms with van der Waals surface area (Å²) in [4.78, 5) is 18.6. The molecule has 2 saturated heterocycles. The molecule has 0 saturated carbocycles. The maximum Gasteiger partial charge on any atom is 0.416 e. The first kappa shape index (κ1) is 22.0. The summed E-state index contributed by atoms with van der Waals surface area (Å²) in [7, 11) is 0. The molecule has 2 aromatic rings. The SMILES string of the molecule is O=C(CN1CCN(c2cccc(C(F)(F)F)c2)CC1)N1CCSC1c1ccccc1F. The third-order valence-corrected chi connectivity index (χ3v) is 6.89. The van der Waals surface area contributed by atoms with Crippen LogP contribution in [0.2, 0.25) is 0 Å². The molecular formula is C22H23F4N3OS. The first-order chi connectivity index (χ1) is 14.8. The van der Waals surface area contributed by atoms with Crippen LogP contribution in [0.1, 0.15) is 16.5 Å². The van der Waals surface area contributed by atoms with Crippen LogP contribution in [0.3, 0.4) is 0 Å². The molecule has 2 aliphatic heterocycles. The zero-order valence-corrected chi connectivity index (χ0v) is 17.6. The van der Waals surface area contributed by atoms with Crippen molar-refractivity contribution >= 4 is 23.4 Å². The molecule has 4 rings (SSSR count). The molecule has 0 bridgehead atoms. The fourth-order valence-corrected chi connectivity index (χ4v) is 5.28. The Balaban J connectivity index is 1.35. The van der Waals surface area contributed by atoms with Crippen molar-refractivity contribution in [3.63, 3.8) is 0 Å². The molecule has 4 nitrogen and oxygen atoms in total. The molecule has 0 aliphatic carbocycles. The Labute approximate surface area is 182 Å². The van der Waals surface area contributed by atoms with Crippen LogP contribution in [0, 0.1) is 5.82 Å². The highest BCUT2D eigenvalue weighted by Gasteiger charge is 2.34. The van der Waals surface area contributed by atoms with Crippen molar-refractivity contribution in [3.8, 4) is 0 Å². The largest absolute Gasteiger partial charge is 0.416 e. The molecule has 1 atom stereocenters. The molecule has 2 aliphatic rings. The summed E-state index contributed by atoms with van der Waals surface area (Å²) in [6.45, 7) is 3.04. The fraction of sp³-hybridized carbons (Fsp3) is 0.409. The molecule has 1 amide bonds. The molecule has 0 radical (unpaired) electrons. The first-order valence-electron chi connectivity index (χ1n) is 10.1. The number of nitrogens with zero attached hydrogens (tertiary/aromatic N) is 3. The summed E-state index contributed by atoms with van der Waals surface area (Å²) in [6, 6.07) is 11.9. The summed E-state index contributed by atoms with van der Waals surface area (Å²) in [6.07, 6.45) is -4.37. The number of halogens is 4. The van der Waals surface area contributed by atoms with Crippen LogP contribution >= 0.6 is 11.8 Å². The van der Waals surface area contributed by atoms with Crippen molar-refractivity contribution in [2.24, 2.45) is 0 Å². The minimum Gasteiger partial charge on any atom is -0.369 e. The zero-order chi connectivity index (χ0) is 22.0. The van der Waals surface area contributed by atoms with E-state index < -0.39 is 11.7 Å². The number of hydrogen-bond donors (Lipinski definition) is 0. The summed E-state index contributed by atoms with van der Waals surface area (Å²) in [5.41, 5.74) is 0.400. The summed E-state index contributed by atoms with van der Waals surface area (Å²) < 4.78 is 53.1. The van der Waals surface area contributed by atoms with Crippen molar-refractivity contribution < 1.29 is 22.4 Å². The van der Waals surface area contributed by atoms with E-state index in [0.29, 0.717) is 44.0 Å². The Morgan fingerprint density at radius 2 is 1.74 bits per heavy atom. The molecule has 9 heteroatoms. The number of anilines is 1. The Morgan fingerprint density at radius 3 is 2.45 bits per heavy atom. The van der Waals surface area contributed by atoms with Crippen molar-refractivity contribution in [1.29, 1.82) is 0 Å². The Kier molecular flexibility index (Phi) is 6.43. The van der Waals surface area contributed by atoms with E-state index in [1.165, 1.54) is 18.2 Å². The predicted octanol–water partition coefficient (Wildman–Crippen LogP) is 4.24. The topological polar surface area (TPSA) is 26.8 Å². The summed E-state index contributed by atoms with van der Waals surface area (Å²) >= 11 is 1.56. The molecular weight excluding hydrogens is 430 g/mol. The van der Waals surface area contributed by atoms with Crippen LogP contribution in [-0.4, -0.2) is 60.7 Å². The van der Waals surface area contributed by atoms with Crippen molar-refractivity contribution in [3.05, 3.63) is 65.5 Å². The number of piperazine rings is 1. The number of amides is 1. The van der Waals surface area contributed by atoms with Gasteiger partial charge in [-0.3, -0.25) is 9.69 Å². The van der Waals surface area contributed by atoms with E-state index in [2.05, 4.69) is 0 Å². The van der Waals surface area contributed by atoms with E-state index in [1.54, 1.807) is 40.9 Å². The molecule has 166 valence electrons. The number of alkyl halides is 3. The van der Waals surface area contributed by atoms with E-state index in [9.17, 15) is 22.4 Å². The maximum absolute atomic E-state index is 14.2. The number of rotatable bonds is 4. The molecule has 0 spiro atoms. The van der Waals surface area contributed by atoms with E-state index >= 15 is 0 Å². The lowest BCUT2D eigenvalue weighted by molar-refractivity contribution is -0.137. The van der Waals surface area contributed by atoms with E-state index in [0.717, 1.165) is 11.8 Å². The Bertz CT molecular complexity index is 931. The number of carbonyl (C=O) groups is 1. The standard InChI is InChI=1S/C22H23F4N3OS/c23-19-7-2-1-6-18(19)21-29(12-13-31-21)20(30)15-27-8-10-28(11-9-27)17-5-3-4-16(14-17)22(24,25)26/h1-7,14,21H,8-13,15H2. The Hall–Kier alpha value is -2.26. The molecule has 0 aromatic heterocycles. The minimum atomic E-state index is -4.37. The van der Waals surface area contributed by atoms with E-state index in [1.807, 2.05) is 9.80 Å². The van der Waals surface area contributed by atoms with Gasteiger partial charge in [0.25, 0.3) is 0 Å². The van der Waals surface area contributed by atoms with Gasteiger partial charge in [-0.05, 0) is 24.3 Å². The Morgan fingerprint density at radius 1 is 1.00 bits per heavy atom. The van der Waals surface area contributed by atoms with Crippen LogP contribution in [0.5, 0.6) is 0 Å². The second kappa shape index (κ2) is 9.08.